The number of methoxy groups -OCH3 is 1. The molecular weight excluding hydrogens is 296 g/mol. The van der Waals surface area contributed by atoms with E-state index in [1.54, 1.807) is 7.11 Å². The molecule has 0 bridgehead atoms. The van der Waals surface area contributed by atoms with Gasteiger partial charge in [0.2, 0.25) is 5.91 Å². The summed E-state index contributed by atoms with van der Waals surface area (Å²) in [6.07, 6.45) is 0.926. The second kappa shape index (κ2) is 5.28. The molecule has 1 heterocycles. The quantitative estimate of drug-likeness (QED) is 0.924. The summed E-state index contributed by atoms with van der Waals surface area (Å²) >= 11 is 3.57. The van der Waals surface area contributed by atoms with Crippen molar-refractivity contribution in [2.75, 3.05) is 13.7 Å². The van der Waals surface area contributed by atoms with Crippen LogP contribution in [0.5, 0.6) is 5.75 Å². The number of carbonyl (C=O) groups is 1. The van der Waals surface area contributed by atoms with Gasteiger partial charge in [-0.1, -0.05) is 6.07 Å². The molecular formula is C13H17BrN2O2. The number of hydrogen-bond donors (Lipinski definition) is 1. The number of rotatable bonds is 3. The van der Waals surface area contributed by atoms with Gasteiger partial charge in [0.05, 0.1) is 17.6 Å². The summed E-state index contributed by atoms with van der Waals surface area (Å²) in [5, 5.41) is 0. The monoisotopic (exact) mass is 312 g/mol. The summed E-state index contributed by atoms with van der Waals surface area (Å²) in [4.78, 5) is 13.4. The lowest BCUT2D eigenvalue weighted by Crippen LogP contribution is -2.45. The van der Waals surface area contributed by atoms with Crippen molar-refractivity contribution in [3.8, 4) is 5.75 Å². The molecule has 1 atom stereocenters. The van der Waals surface area contributed by atoms with E-state index >= 15 is 0 Å². The highest BCUT2D eigenvalue weighted by molar-refractivity contribution is 9.10. The molecule has 1 aliphatic rings. The first-order chi connectivity index (χ1) is 8.54. The molecule has 98 valence electrons. The third kappa shape index (κ3) is 2.37. The minimum absolute atomic E-state index is 0.240. The topological polar surface area (TPSA) is 55.6 Å². The Kier molecular flexibility index (Phi) is 3.92. The Bertz CT molecular complexity index is 476. The number of fused-ring (bicyclic) bond motifs is 1. The van der Waals surface area contributed by atoms with E-state index in [0.717, 1.165) is 29.7 Å². The molecule has 0 aromatic heterocycles. The normalized spacial score (nSPS) is 17.1. The molecule has 0 fully saturated rings. The standard InChI is InChI=1S/C13H17BrN2O2/c1-8(13(15)17)16-6-5-9-3-4-11(18-2)12(14)10(9)7-16/h3-4,8H,5-7H2,1-2H3,(H2,15,17). The summed E-state index contributed by atoms with van der Waals surface area (Å²) in [5.41, 5.74) is 7.85. The molecule has 4 nitrogen and oxygen atoms in total. The number of nitrogens with two attached hydrogens (primary N) is 1. The van der Waals surface area contributed by atoms with E-state index in [1.165, 1.54) is 11.1 Å². The van der Waals surface area contributed by atoms with Crippen LogP contribution < -0.4 is 10.5 Å². The fourth-order valence-electron chi connectivity index (χ4n) is 2.26. The lowest BCUT2D eigenvalue weighted by molar-refractivity contribution is -0.123. The number of benzene rings is 1. The molecule has 1 unspecified atom stereocenters. The average Bonchev–Trinajstić information content (AvgIpc) is 2.38. The van der Waals surface area contributed by atoms with Crippen molar-refractivity contribution in [2.24, 2.45) is 5.73 Å². The number of amides is 1. The van der Waals surface area contributed by atoms with E-state index in [2.05, 4.69) is 26.9 Å². The van der Waals surface area contributed by atoms with Crippen molar-refractivity contribution >= 4 is 21.8 Å². The molecule has 0 saturated heterocycles. The first-order valence-corrected chi connectivity index (χ1v) is 6.71. The predicted molar refractivity (Wildman–Crippen MR) is 73.5 cm³/mol. The number of primary amides is 1. The number of hydrogen-bond acceptors (Lipinski definition) is 3. The van der Waals surface area contributed by atoms with Gasteiger partial charge in [-0.2, -0.15) is 0 Å². The van der Waals surface area contributed by atoms with Gasteiger partial charge in [-0.3, -0.25) is 9.69 Å². The zero-order valence-corrected chi connectivity index (χ0v) is 12.2. The third-order valence-corrected chi connectivity index (χ3v) is 4.38. The second-order valence-corrected chi connectivity index (χ2v) is 5.31. The van der Waals surface area contributed by atoms with E-state index in [4.69, 9.17) is 10.5 Å². The van der Waals surface area contributed by atoms with Crippen LogP contribution in [0.1, 0.15) is 18.1 Å². The molecule has 2 rings (SSSR count). The van der Waals surface area contributed by atoms with Crippen molar-refractivity contribution < 1.29 is 9.53 Å². The van der Waals surface area contributed by atoms with Gasteiger partial charge in [-0.25, -0.2) is 0 Å². The molecule has 5 heteroatoms. The minimum Gasteiger partial charge on any atom is -0.496 e. The van der Waals surface area contributed by atoms with Gasteiger partial charge in [-0.15, -0.1) is 0 Å². The molecule has 0 saturated carbocycles. The Labute approximate surface area is 115 Å². The second-order valence-electron chi connectivity index (χ2n) is 4.52. The summed E-state index contributed by atoms with van der Waals surface area (Å²) in [7, 11) is 1.65. The van der Waals surface area contributed by atoms with Gasteiger partial charge in [0.1, 0.15) is 5.75 Å². The minimum atomic E-state index is -0.280. The van der Waals surface area contributed by atoms with E-state index in [0.29, 0.717) is 0 Å². The molecule has 1 aromatic carbocycles. The summed E-state index contributed by atoms with van der Waals surface area (Å²) in [6, 6.07) is 3.82. The van der Waals surface area contributed by atoms with E-state index < -0.39 is 0 Å². The molecule has 0 radical (unpaired) electrons. The van der Waals surface area contributed by atoms with Crippen LogP contribution in [0.2, 0.25) is 0 Å². The van der Waals surface area contributed by atoms with Gasteiger partial charge < -0.3 is 10.5 Å². The van der Waals surface area contributed by atoms with Gasteiger partial charge in [0, 0.05) is 13.1 Å². The van der Waals surface area contributed by atoms with E-state index in [-0.39, 0.29) is 11.9 Å². The van der Waals surface area contributed by atoms with Crippen LogP contribution in [-0.2, 0) is 17.8 Å². The molecule has 0 aliphatic carbocycles. The zero-order valence-electron chi connectivity index (χ0n) is 10.6. The van der Waals surface area contributed by atoms with Gasteiger partial charge in [0.15, 0.2) is 0 Å². The van der Waals surface area contributed by atoms with Crippen molar-refractivity contribution in [1.82, 2.24) is 4.90 Å². The molecule has 1 amide bonds. The van der Waals surface area contributed by atoms with Crippen LogP contribution in [0, 0.1) is 0 Å². The fourth-order valence-corrected chi connectivity index (χ4v) is 2.93. The lowest BCUT2D eigenvalue weighted by atomic mass is 9.98. The van der Waals surface area contributed by atoms with Crippen LogP contribution in [0.3, 0.4) is 0 Å². The van der Waals surface area contributed by atoms with Gasteiger partial charge in [0.25, 0.3) is 0 Å². The highest BCUT2D eigenvalue weighted by atomic mass is 79.9. The van der Waals surface area contributed by atoms with Crippen molar-refractivity contribution in [2.45, 2.75) is 25.9 Å². The number of carbonyl (C=O) groups excluding carboxylic acids is 1. The maximum Gasteiger partial charge on any atom is 0.234 e. The van der Waals surface area contributed by atoms with Gasteiger partial charge >= 0.3 is 0 Å². The Morgan fingerprint density at radius 1 is 1.56 bits per heavy atom. The lowest BCUT2D eigenvalue weighted by Gasteiger charge is -2.32. The molecule has 2 N–H and O–H groups in total. The van der Waals surface area contributed by atoms with Crippen molar-refractivity contribution in [1.29, 1.82) is 0 Å². The number of ether oxygens (including phenoxy) is 1. The average molecular weight is 313 g/mol. The Morgan fingerprint density at radius 2 is 2.28 bits per heavy atom. The zero-order chi connectivity index (χ0) is 13.3. The van der Waals surface area contributed by atoms with Crippen LogP contribution in [0.15, 0.2) is 16.6 Å². The number of nitrogens with zero attached hydrogens (tertiary/aromatic N) is 1. The van der Waals surface area contributed by atoms with Gasteiger partial charge in [-0.05, 0) is 46.5 Å². The summed E-state index contributed by atoms with van der Waals surface area (Å²) in [5.74, 6) is 0.541. The largest absolute Gasteiger partial charge is 0.496 e. The third-order valence-electron chi connectivity index (χ3n) is 3.51. The van der Waals surface area contributed by atoms with Crippen molar-refractivity contribution in [3.63, 3.8) is 0 Å². The molecule has 18 heavy (non-hydrogen) atoms. The first-order valence-electron chi connectivity index (χ1n) is 5.92. The Morgan fingerprint density at radius 3 is 2.89 bits per heavy atom. The highest BCUT2D eigenvalue weighted by Gasteiger charge is 2.25. The van der Waals surface area contributed by atoms with E-state index in [1.807, 2.05) is 13.0 Å². The van der Waals surface area contributed by atoms with E-state index in [9.17, 15) is 4.79 Å². The maximum absolute atomic E-state index is 11.3. The summed E-state index contributed by atoms with van der Waals surface area (Å²) < 4.78 is 6.27. The van der Waals surface area contributed by atoms with Crippen LogP contribution in [0.4, 0.5) is 0 Å². The Balaban J connectivity index is 2.30. The maximum atomic E-state index is 11.3. The first kappa shape index (κ1) is 13.4. The molecule has 1 aromatic rings. The molecule has 1 aliphatic heterocycles. The number of halogens is 1. The van der Waals surface area contributed by atoms with Crippen molar-refractivity contribution in [3.05, 3.63) is 27.7 Å². The summed E-state index contributed by atoms with van der Waals surface area (Å²) in [6.45, 7) is 3.43. The molecule has 0 spiro atoms. The van der Waals surface area contributed by atoms with Crippen LogP contribution >= 0.6 is 15.9 Å². The van der Waals surface area contributed by atoms with Crippen LogP contribution in [0.25, 0.3) is 0 Å². The predicted octanol–water partition coefficient (Wildman–Crippen LogP) is 1.69. The Hall–Kier alpha value is -1.07. The van der Waals surface area contributed by atoms with Crippen LogP contribution in [-0.4, -0.2) is 30.5 Å². The SMILES string of the molecule is COc1ccc2c(c1Br)CN(C(C)C(N)=O)CC2. The smallest absolute Gasteiger partial charge is 0.234 e. The fraction of sp³-hybridized carbons (Fsp3) is 0.462. The highest BCUT2D eigenvalue weighted by Crippen LogP contribution is 2.34.